The lowest BCUT2D eigenvalue weighted by molar-refractivity contribution is 0.0866. The number of pyridine rings is 1. The van der Waals surface area contributed by atoms with Crippen LogP contribution in [0, 0.1) is 0 Å². The van der Waals surface area contributed by atoms with Crippen LogP contribution in [0.5, 0.6) is 5.75 Å². The van der Waals surface area contributed by atoms with Gasteiger partial charge in [0, 0.05) is 12.3 Å². The van der Waals surface area contributed by atoms with E-state index in [1.807, 2.05) is 0 Å². The normalized spacial score (nSPS) is 11.2. The molecule has 0 radical (unpaired) electrons. The monoisotopic (exact) mass is 226 g/mol. The number of rotatable bonds is 3. The summed E-state index contributed by atoms with van der Waals surface area (Å²) in [6.45, 7) is 3.03. The van der Waals surface area contributed by atoms with Crippen LogP contribution in [0.3, 0.4) is 0 Å². The number of carbonyl (C=O) groups excluding carboxylic acids is 1. The Labute approximate surface area is 91.9 Å². The number of hydrogen-bond acceptors (Lipinski definition) is 4. The standard InChI is InChI=1S/C10H14N2O4/c1-10(2,5-13)12-9(16)6-4-11-8(15)3-7(6)14/h3-4,13H,5H2,1-2H3,(H,12,16)(H2,11,14,15). The number of aliphatic hydroxyl groups excluding tert-OH is 1. The average molecular weight is 226 g/mol. The summed E-state index contributed by atoms with van der Waals surface area (Å²) in [7, 11) is 0. The van der Waals surface area contributed by atoms with Crippen LogP contribution >= 0.6 is 0 Å². The number of aliphatic hydroxyl groups is 1. The van der Waals surface area contributed by atoms with Gasteiger partial charge in [-0.15, -0.1) is 0 Å². The fourth-order valence-electron chi connectivity index (χ4n) is 1.06. The number of aromatic hydroxyl groups is 1. The van der Waals surface area contributed by atoms with E-state index in [1.165, 1.54) is 0 Å². The van der Waals surface area contributed by atoms with Gasteiger partial charge in [0.1, 0.15) is 5.75 Å². The Morgan fingerprint density at radius 2 is 2.19 bits per heavy atom. The lowest BCUT2D eigenvalue weighted by Crippen LogP contribution is -2.46. The van der Waals surface area contributed by atoms with Crippen LogP contribution in [0.25, 0.3) is 0 Å². The Morgan fingerprint density at radius 1 is 1.56 bits per heavy atom. The molecule has 0 spiro atoms. The number of H-pyrrole nitrogens is 1. The average Bonchev–Trinajstić information content (AvgIpc) is 2.16. The molecule has 0 aliphatic rings. The largest absolute Gasteiger partial charge is 0.507 e. The van der Waals surface area contributed by atoms with Crippen LogP contribution in [-0.2, 0) is 0 Å². The number of amides is 1. The first-order valence-electron chi connectivity index (χ1n) is 4.71. The molecule has 1 amide bonds. The molecule has 88 valence electrons. The molecule has 0 saturated carbocycles. The van der Waals surface area contributed by atoms with E-state index >= 15 is 0 Å². The van der Waals surface area contributed by atoms with Gasteiger partial charge >= 0.3 is 0 Å². The second-order valence-corrected chi connectivity index (χ2v) is 4.09. The van der Waals surface area contributed by atoms with Crippen LogP contribution in [0.2, 0.25) is 0 Å². The van der Waals surface area contributed by atoms with Crippen LogP contribution in [0.4, 0.5) is 0 Å². The summed E-state index contributed by atoms with van der Waals surface area (Å²) in [5.74, 6) is -0.956. The highest BCUT2D eigenvalue weighted by atomic mass is 16.3. The highest BCUT2D eigenvalue weighted by Crippen LogP contribution is 2.13. The molecule has 6 nitrogen and oxygen atoms in total. The van der Waals surface area contributed by atoms with Crippen molar-refractivity contribution in [1.29, 1.82) is 0 Å². The summed E-state index contributed by atoms with van der Waals surface area (Å²) in [5.41, 5.74) is -1.32. The minimum atomic E-state index is -0.792. The molecule has 0 aromatic carbocycles. The molecule has 0 unspecified atom stereocenters. The molecule has 1 aromatic rings. The second-order valence-electron chi connectivity index (χ2n) is 4.09. The van der Waals surface area contributed by atoms with Crippen molar-refractivity contribution in [2.24, 2.45) is 0 Å². The lowest BCUT2D eigenvalue weighted by atomic mass is 10.1. The molecule has 1 heterocycles. The van der Waals surface area contributed by atoms with Gasteiger partial charge in [0.25, 0.3) is 11.5 Å². The van der Waals surface area contributed by atoms with Crippen molar-refractivity contribution in [3.8, 4) is 5.75 Å². The summed E-state index contributed by atoms with van der Waals surface area (Å²) in [5, 5.41) is 20.9. The molecule has 4 N–H and O–H groups in total. The fourth-order valence-corrected chi connectivity index (χ4v) is 1.06. The van der Waals surface area contributed by atoms with Crippen molar-refractivity contribution in [3.63, 3.8) is 0 Å². The third-order valence-electron chi connectivity index (χ3n) is 1.99. The van der Waals surface area contributed by atoms with Crippen molar-refractivity contribution < 1.29 is 15.0 Å². The van der Waals surface area contributed by atoms with Crippen molar-refractivity contribution >= 4 is 5.91 Å². The topological polar surface area (TPSA) is 102 Å². The molecule has 0 bridgehead atoms. The number of carbonyl (C=O) groups is 1. The highest BCUT2D eigenvalue weighted by Gasteiger charge is 2.21. The molecular formula is C10H14N2O4. The zero-order chi connectivity index (χ0) is 12.3. The molecule has 16 heavy (non-hydrogen) atoms. The molecular weight excluding hydrogens is 212 g/mol. The predicted octanol–water partition coefficient (Wildman–Crippen LogP) is -0.419. The number of hydrogen-bond donors (Lipinski definition) is 4. The lowest BCUT2D eigenvalue weighted by Gasteiger charge is -2.23. The Hall–Kier alpha value is -1.82. The summed E-state index contributed by atoms with van der Waals surface area (Å²) >= 11 is 0. The maximum atomic E-state index is 11.6. The first-order valence-corrected chi connectivity index (χ1v) is 4.71. The maximum absolute atomic E-state index is 11.6. The SMILES string of the molecule is CC(C)(CO)NC(=O)c1c[nH]c(=O)cc1O. The Morgan fingerprint density at radius 3 is 2.69 bits per heavy atom. The highest BCUT2D eigenvalue weighted by molar-refractivity contribution is 5.96. The van der Waals surface area contributed by atoms with Gasteiger partial charge in [-0.2, -0.15) is 0 Å². The molecule has 0 atom stereocenters. The van der Waals surface area contributed by atoms with Gasteiger partial charge < -0.3 is 20.5 Å². The molecule has 0 aliphatic heterocycles. The van der Waals surface area contributed by atoms with Gasteiger partial charge in [0.15, 0.2) is 0 Å². The molecule has 0 saturated heterocycles. The minimum absolute atomic E-state index is 0.0406. The van der Waals surface area contributed by atoms with E-state index < -0.39 is 22.8 Å². The first kappa shape index (κ1) is 12.3. The van der Waals surface area contributed by atoms with Gasteiger partial charge in [0.05, 0.1) is 17.7 Å². The maximum Gasteiger partial charge on any atom is 0.257 e. The third kappa shape index (κ3) is 2.83. The summed E-state index contributed by atoms with van der Waals surface area (Å²) < 4.78 is 0. The Balaban J connectivity index is 2.94. The smallest absolute Gasteiger partial charge is 0.257 e. The quantitative estimate of drug-likeness (QED) is 0.562. The predicted molar refractivity (Wildman–Crippen MR) is 57.4 cm³/mol. The summed E-state index contributed by atoms with van der Waals surface area (Å²) in [6, 6.07) is 0.918. The zero-order valence-corrected chi connectivity index (χ0v) is 9.07. The fraction of sp³-hybridized carbons (Fsp3) is 0.400. The number of aromatic amines is 1. The Kier molecular flexibility index (Phi) is 3.34. The molecule has 0 fully saturated rings. The van der Waals surface area contributed by atoms with Gasteiger partial charge in [0.2, 0.25) is 0 Å². The molecule has 1 aromatic heterocycles. The van der Waals surface area contributed by atoms with E-state index in [-0.39, 0.29) is 12.2 Å². The van der Waals surface area contributed by atoms with Gasteiger partial charge in [-0.1, -0.05) is 0 Å². The van der Waals surface area contributed by atoms with E-state index in [0.717, 1.165) is 12.3 Å². The Bertz CT molecular complexity index is 450. The van der Waals surface area contributed by atoms with Crippen molar-refractivity contribution in [2.45, 2.75) is 19.4 Å². The molecule has 0 aliphatic carbocycles. The summed E-state index contributed by atoms with van der Waals surface area (Å²) in [4.78, 5) is 24.8. The third-order valence-corrected chi connectivity index (χ3v) is 1.99. The first-order chi connectivity index (χ1) is 7.35. The van der Waals surface area contributed by atoms with E-state index in [9.17, 15) is 14.7 Å². The van der Waals surface area contributed by atoms with E-state index in [4.69, 9.17) is 5.11 Å². The van der Waals surface area contributed by atoms with E-state index in [1.54, 1.807) is 13.8 Å². The van der Waals surface area contributed by atoms with Crippen molar-refractivity contribution in [1.82, 2.24) is 10.3 Å². The van der Waals surface area contributed by atoms with Crippen LogP contribution in [0.1, 0.15) is 24.2 Å². The second kappa shape index (κ2) is 4.36. The summed E-state index contributed by atoms with van der Waals surface area (Å²) in [6.07, 6.45) is 1.13. The van der Waals surface area contributed by atoms with E-state index in [0.29, 0.717) is 0 Å². The van der Waals surface area contributed by atoms with Gasteiger partial charge in [-0.05, 0) is 13.8 Å². The van der Waals surface area contributed by atoms with Crippen LogP contribution < -0.4 is 10.9 Å². The number of aromatic nitrogens is 1. The zero-order valence-electron chi connectivity index (χ0n) is 9.07. The molecule has 6 heteroatoms. The van der Waals surface area contributed by atoms with Gasteiger partial charge in [-0.25, -0.2) is 0 Å². The molecule has 1 rings (SSSR count). The van der Waals surface area contributed by atoms with Crippen molar-refractivity contribution in [2.75, 3.05) is 6.61 Å². The van der Waals surface area contributed by atoms with Gasteiger partial charge in [-0.3, -0.25) is 9.59 Å². The number of nitrogens with one attached hydrogen (secondary N) is 2. The van der Waals surface area contributed by atoms with Crippen LogP contribution in [-0.4, -0.2) is 33.3 Å². The van der Waals surface area contributed by atoms with Crippen molar-refractivity contribution in [3.05, 3.63) is 28.2 Å². The van der Waals surface area contributed by atoms with Crippen LogP contribution in [0.15, 0.2) is 17.1 Å². The van der Waals surface area contributed by atoms with E-state index in [2.05, 4.69) is 10.3 Å². The minimum Gasteiger partial charge on any atom is -0.507 e.